The SMILES string of the molecule is Cc1cccc(CSC[C@H](NC(=O)[C@H](C)CS)C(=O)O)c1. The number of aryl methyl sites for hydroxylation is 1. The van der Waals surface area contributed by atoms with E-state index in [4.69, 9.17) is 0 Å². The number of hydrogen-bond acceptors (Lipinski definition) is 4. The van der Waals surface area contributed by atoms with E-state index in [1.165, 1.54) is 17.3 Å². The third-order valence-electron chi connectivity index (χ3n) is 2.97. The number of nitrogens with one attached hydrogen (secondary N) is 1. The molecular formula is C15H21NO3S2. The standard InChI is InChI=1S/C15H21NO3S2/c1-10-4-3-5-12(6-10)8-21-9-13(15(18)19)16-14(17)11(2)7-20/h3-6,11,13,20H,7-9H2,1-2H3,(H,16,17)(H,18,19)/t11-,13+/m1/s1. The smallest absolute Gasteiger partial charge is 0.327 e. The van der Waals surface area contributed by atoms with Gasteiger partial charge in [0, 0.05) is 23.2 Å². The van der Waals surface area contributed by atoms with Crippen LogP contribution in [-0.4, -0.2) is 34.5 Å². The van der Waals surface area contributed by atoms with Gasteiger partial charge in [0.25, 0.3) is 0 Å². The fourth-order valence-electron chi connectivity index (χ4n) is 1.67. The Morgan fingerprint density at radius 2 is 2.14 bits per heavy atom. The molecule has 0 saturated heterocycles. The van der Waals surface area contributed by atoms with Gasteiger partial charge in [0.15, 0.2) is 0 Å². The summed E-state index contributed by atoms with van der Waals surface area (Å²) in [7, 11) is 0. The van der Waals surface area contributed by atoms with Crippen molar-refractivity contribution < 1.29 is 14.7 Å². The van der Waals surface area contributed by atoms with Gasteiger partial charge in [-0.05, 0) is 12.5 Å². The first-order chi connectivity index (χ1) is 9.93. The highest BCUT2D eigenvalue weighted by atomic mass is 32.2. The van der Waals surface area contributed by atoms with Crippen molar-refractivity contribution in [2.75, 3.05) is 11.5 Å². The summed E-state index contributed by atoms with van der Waals surface area (Å²) >= 11 is 5.54. The van der Waals surface area contributed by atoms with E-state index in [-0.39, 0.29) is 11.8 Å². The van der Waals surface area contributed by atoms with Crippen molar-refractivity contribution in [1.29, 1.82) is 0 Å². The molecule has 116 valence electrons. The summed E-state index contributed by atoms with van der Waals surface area (Å²) in [6, 6.07) is 7.22. The Hall–Kier alpha value is -1.14. The molecule has 4 nitrogen and oxygen atoms in total. The van der Waals surface area contributed by atoms with Crippen molar-refractivity contribution in [1.82, 2.24) is 5.32 Å². The lowest BCUT2D eigenvalue weighted by atomic mass is 10.2. The second-order valence-electron chi connectivity index (χ2n) is 4.99. The van der Waals surface area contributed by atoms with Crippen molar-refractivity contribution >= 4 is 36.3 Å². The number of hydrogen-bond donors (Lipinski definition) is 3. The topological polar surface area (TPSA) is 66.4 Å². The lowest BCUT2D eigenvalue weighted by Crippen LogP contribution is -2.45. The Labute approximate surface area is 135 Å². The molecule has 0 unspecified atom stereocenters. The van der Waals surface area contributed by atoms with Crippen LogP contribution in [-0.2, 0) is 15.3 Å². The van der Waals surface area contributed by atoms with Gasteiger partial charge in [-0.25, -0.2) is 4.79 Å². The van der Waals surface area contributed by atoms with Gasteiger partial charge in [-0.3, -0.25) is 4.79 Å². The van der Waals surface area contributed by atoms with Crippen molar-refractivity contribution in [3.8, 4) is 0 Å². The first-order valence-electron chi connectivity index (χ1n) is 6.71. The number of benzene rings is 1. The largest absolute Gasteiger partial charge is 0.480 e. The van der Waals surface area contributed by atoms with Crippen molar-refractivity contribution in [3.63, 3.8) is 0 Å². The van der Waals surface area contributed by atoms with E-state index >= 15 is 0 Å². The monoisotopic (exact) mass is 327 g/mol. The molecule has 0 radical (unpaired) electrons. The van der Waals surface area contributed by atoms with Crippen LogP contribution in [0.4, 0.5) is 0 Å². The summed E-state index contributed by atoms with van der Waals surface area (Å²) in [6.45, 7) is 3.74. The number of thioether (sulfide) groups is 1. The highest BCUT2D eigenvalue weighted by Crippen LogP contribution is 2.15. The summed E-state index contributed by atoms with van der Waals surface area (Å²) in [5.41, 5.74) is 2.33. The number of carboxylic acid groups (broad SMARTS) is 1. The first-order valence-corrected chi connectivity index (χ1v) is 8.50. The third-order valence-corrected chi connectivity index (χ3v) is 4.63. The molecule has 1 aromatic carbocycles. The van der Waals surface area contributed by atoms with Crippen LogP contribution in [0.5, 0.6) is 0 Å². The fourth-order valence-corrected chi connectivity index (χ4v) is 2.83. The quantitative estimate of drug-likeness (QED) is 0.641. The Morgan fingerprint density at radius 1 is 1.43 bits per heavy atom. The first kappa shape index (κ1) is 17.9. The van der Waals surface area contributed by atoms with Gasteiger partial charge in [-0.1, -0.05) is 36.8 Å². The molecule has 1 amide bonds. The van der Waals surface area contributed by atoms with Crippen LogP contribution in [0.1, 0.15) is 18.1 Å². The van der Waals surface area contributed by atoms with Crippen molar-refractivity contribution in [3.05, 3.63) is 35.4 Å². The molecule has 0 saturated carbocycles. The number of carbonyl (C=O) groups is 2. The van der Waals surface area contributed by atoms with E-state index in [9.17, 15) is 14.7 Å². The highest BCUT2D eigenvalue weighted by molar-refractivity contribution is 7.98. The summed E-state index contributed by atoms with van der Waals surface area (Å²) < 4.78 is 0. The predicted molar refractivity (Wildman–Crippen MR) is 89.9 cm³/mol. The minimum absolute atomic E-state index is 0.270. The average Bonchev–Trinajstić information content (AvgIpc) is 2.45. The Morgan fingerprint density at radius 3 is 2.71 bits per heavy atom. The summed E-state index contributed by atoms with van der Waals surface area (Å²) in [6.07, 6.45) is 0. The molecule has 0 aliphatic rings. The second-order valence-corrected chi connectivity index (χ2v) is 6.38. The normalized spacial score (nSPS) is 13.5. The van der Waals surface area contributed by atoms with Crippen LogP contribution in [0.3, 0.4) is 0 Å². The molecule has 0 fully saturated rings. The molecule has 0 aliphatic carbocycles. The zero-order valence-electron chi connectivity index (χ0n) is 12.2. The van der Waals surface area contributed by atoms with E-state index in [1.807, 2.05) is 25.1 Å². The predicted octanol–water partition coefficient (Wildman–Crippen LogP) is 2.36. The van der Waals surface area contributed by atoms with Crippen LogP contribution in [0.2, 0.25) is 0 Å². The zero-order valence-corrected chi connectivity index (χ0v) is 13.9. The molecule has 0 bridgehead atoms. The van der Waals surface area contributed by atoms with Crippen molar-refractivity contribution in [2.45, 2.75) is 25.6 Å². The van der Waals surface area contributed by atoms with Crippen LogP contribution >= 0.6 is 24.4 Å². The van der Waals surface area contributed by atoms with Crippen LogP contribution in [0.25, 0.3) is 0 Å². The molecule has 2 N–H and O–H groups in total. The number of aliphatic carboxylic acids is 1. The van der Waals surface area contributed by atoms with Gasteiger partial charge in [0.1, 0.15) is 6.04 Å². The van der Waals surface area contributed by atoms with Crippen LogP contribution in [0.15, 0.2) is 24.3 Å². The Balaban J connectivity index is 2.48. The number of amides is 1. The van der Waals surface area contributed by atoms with Gasteiger partial charge >= 0.3 is 5.97 Å². The van der Waals surface area contributed by atoms with Gasteiger partial charge in [-0.2, -0.15) is 24.4 Å². The molecule has 1 aromatic rings. The maximum Gasteiger partial charge on any atom is 0.327 e. The number of carboxylic acids is 1. The summed E-state index contributed by atoms with van der Waals surface area (Å²) in [5.74, 6) is -0.108. The fraction of sp³-hybridized carbons (Fsp3) is 0.467. The van der Waals surface area contributed by atoms with E-state index in [0.717, 1.165) is 11.3 Å². The molecule has 0 heterocycles. The Bertz CT molecular complexity index is 494. The van der Waals surface area contributed by atoms with Crippen LogP contribution < -0.4 is 5.32 Å². The number of carbonyl (C=O) groups excluding carboxylic acids is 1. The molecule has 1 rings (SSSR count). The van der Waals surface area contributed by atoms with Crippen molar-refractivity contribution in [2.24, 2.45) is 5.92 Å². The lowest BCUT2D eigenvalue weighted by molar-refractivity contribution is -0.141. The average molecular weight is 327 g/mol. The van der Waals surface area contributed by atoms with E-state index in [0.29, 0.717) is 11.5 Å². The number of thiol groups is 1. The molecule has 0 spiro atoms. The Kier molecular flexibility index (Phi) is 7.67. The number of rotatable bonds is 8. The molecule has 21 heavy (non-hydrogen) atoms. The van der Waals surface area contributed by atoms with E-state index in [2.05, 4.69) is 24.0 Å². The minimum Gasteiger partial charge on any atom is -0.480 e. The van der Waals surface area contributed by atoms with Gasteiger partial charge in [-0.15, -0.1) is 0 Å². The van der Waals surface area contributed by atoms with E-state index in [1.54, 1.807) is 6.92 Å². The maximum absolute atomic E-state index is 11.7. The van der Waals surface area contributed by atoms with Gasteiger partial charge in [0.05, 0.1) is 0 Å². The third kappa shape index (κ3) is 6.44. The zero-order chi connectivity index (χ0) is 15.8. The summed E-state index contributed by atoms with van der Waals surface area (Å²) in [4.78, 5) is 22.9. The molecule has 0 aliphatic heterocycles. The molecule has 0 aromatic heterocycles. The molecule has 2 atom stereocenters. The molecule has 6 heteroatoms. The second kappa shape index (κ2) is 9.00. The van der Waals surface area contributed by atoms with E-state index < -0.39 is 12.0 Å². The maximum atomic E-state index is 11.7. The van der Waals surface area contributed by atoms with Crippen LogP contribution in [0, 0.1) is 12.8 Å². The lowest BCUT2D eigenvalue weighted by Gasteiger charge is -2.16. The van der Waals surface area contributed by atoms with Gasteiger partial charge < -0.3 is 10.4 Å². The summed E-state index contributed by atoms with van der Waals surface area (Å²) in [5, 5.41) is 11.7. The molecular weight excluding hydrogens is 306 g/mol. The minimum atomic E-state index is -1.01. The van der Waals surface area contributed by atoms with Gasteiger partial charge in [0.2, 0.25) is 5.91 Å². The highest BCUT2D eigenvalue weighted by Gasteiger charge is 2.22.